The maximum Gasteiger partial charge on any atom is 0.0596 e. The molecule has 8 heavy (non-hydrogen) atoms. The van der Waals surface area contributed by atoms with Crippen molar-refractivity contribution in [2.45, 2.75) is 19.5 Å². The van der Waals surface area contributed by atoms with E-state index in [0.29, 0.717) is 6.17 Å². The molecule has 1 saturated heterocycles. The van der Waals surface area contributed by atoms with E-state index >= 15 is 0 Å². The molecule has 0 aromatic carbocycles. The van der Waals surface area contributed by atoms with Gasteiger partial charge in [-0.25, -0.2) is 0 Å². The molecule has 2 unspecified atom stereocenters. The van der Waals surface area contributed by atoms with Crippen LogP contribution in [-0.4, -0.2) is 19.8 Å². The van der Waals surface area contributed by atoms with E-state index < -0.39 is 0 Å². The van der Waals surface area contributed by atoms with Crippen molar-refractivity contribution in [1.82, 2.24) is 10.6 Å². The minimum atomic E-state index is 0.565. The molecular formula is C6H14N2. The van der Waals surface area contributed by atoms with Crippen molar-refractivity contribution >= 4 is 0 Å². The molecule has 0 bridgehead atoms. The second-order valence-corrected chi connectivity index (χ2v) is 2.49. The van der Waals surface area contributed by atoms with Crippen LogP contribution in [0.25, 0.3) is 0 Å². The van der Waals surface area contributed by atoms with Gasteiger partial charge >= 0.3 is 0 Å². The predicted molar refractivity (Wildman–Crippen MR) is 34.6 cm³/mol. The first-order valence-electron chi connectivity index (χ1n) is 3.25. The highest BCUT2D eigenvalue weighted by molar-refractivity contribution is 4.76. The maximum atomic E-state index is 3.34. The minimum Gasteiger partial charge on any atom is -0.305 e. The largest absolute Gasteiger partial charge is 0.305 e. The average molecular weight is 114 g/mol. The lowest BCUT2D eigenvalue weighted by atomic mass is 10.1. The lowest BCUT2D eigenvalue weighted by Gasteiger charge is -2.12. The highest BCUT2D eigenvalue weighted by Crippen LogP contribution is 2.10. The first kappa shape index (κ1) is 6.05. The zero-order valence-electron chi connectivity index (χ0n) is 5.57. The second-order valence-electron chi connectivity index (χ2n) is 2.49. The van der Waals surface area contributed by atoms with Crippen molar-refractivity contribution in [3.8, 4) is 0 Å². The van der Waals surface area contributed by atoms with E-state index in [-0.39, 0.29) is 0 Å². The van der Waals surface area contributed by atoms with E-state index in [0.717, 1.165) is 5.92 Å². The van der Waals surface area contributed by atoms with Crippen molar-refractivity contribution in [3.05, 3.63) is 0 Å². The van der Waals surface area contributed by atoms with Crippen LogP contribution in [0.3, 0.4) is 0 Å². The number of nitrogens with one attached hydrogen (secondary N) is 2. The van der Waals surface area contributed by atoms with Gasteiger partial charge < -0.3 is 10.6 Å². The van der Waals surface area contributed by atoms with Gasteiger partial charge in [0.25, 0.3) is 0 Å². The summed E-state index contributed by atoms with van der Waals surface area (Å²) >= 11 is 0. The van der Waals surface area contributed by atoms with E-state index in [1.165, 1.54) is 13.0 Å². The van der Waals surface area contributed by atoms with E-state index in [9.17, 15) is 0 Å². The van der Waals surface area contributed by atoms with Crippen molar-refractivity contribution < 1.29 is 0 Å². The molecule has 2 atom stereocenters. The van der Waals surface area contributed by atoms with Gasteiger partial charge in [-0.05, 0) is 25.9 Å². The summed E-state index contributed by atoms with van der Waals surface area (Å²) in [5.74, 6) is 0.806. The fraction of sp³-hybridized carbons (Fsp3) is 1.00. The molecule has 0 aromatic rings. The molecule has 1 fully saturated rings. The van der Waals surface area contributed by atoms with Crippen LogP contribution in [0.15, 0.2) is 0 Å². The van der Waals surface area contributed by atoms with Gasteiger partial charge in [0.1, 0.15) is 0 Å². The first-order chi connectivity index (χ1) is 3.84. The standard InChI is InChI=1S/C6H14N2/c1-5-3-4-8-6(5)7-2/h5-8H,3-4H2,1-2H3. The predicted octanol–water partition coefficient (Wildman–Crippen LogP) is 0.161. The van der Waals surface area contributed by atoms with Crippen molar-refractivity contribution in [2.24, 2.45) is 5.92 Å². The second kappa shape index (κ2) is 2.46. The molecule has 48 valence electrons. The van der Waals surface area contributed by atoms with Crippen molar-refractivity contribution in [1.29, 1.82) is 0 Å². The molecule has 0 aliphatic carbocycles. The minimum absolute atomic E-state index is 0.565. The summed E-state index contributed by atoms with van der Waals surface area (Å²) in [7, 11) is 2.00. The summed E-state index contributed by atoms with van der Waals surface area (Å²) in [5, 5.41) is 6.55. The Morgan fingerprint density at radius 1 is 1.62 bits per heavy atom. The smallest absolute Gasteiger partial charge is 0.0596 e. The summed E-state index contributed by atoms with van der Waals surface area (Å²) in [6.07, 6.45) is 1.88. The van der Waals surface area contributed by atoms with Gasteiger partial charge in [-0.1, -0.05) is 6.92 Å². The number of hydrogen-bond acceptors (Lipinski definition) is 2. The van der Waals surface area contributed by atoms with Gasteiger partial charge in [0.15, 0.2) is 0 Å². The molecule has 0 saturated carbocycles. The van der Waals surface area contributed by atoms with E-state index in [1.54, 1.807) is 0 Å². The van der Waals surface area contributed by atoms with Crippen LogP contribution in [0.5, 0.6) is 0 Å². The summed E-state index contributed by atoms with van der Waals surface area (Å²) < 4.78 is 0. The normalized spacial score (nSPS) is 38.2. The van der Waals surface area contributed by atoms with Gasteiger partial charge in [0, 0.05) is 0 Å². The van der Waals surface area contributed by atoms with Gasteiger partial charge in [0.2, 0.25) is 0 Å². The Kier molecular flexibility index (Phi) is 1.86. The van der Waals surface area contributed by atoms with E-state index in [1.807, 2.05) is 7.05 Å². The topological polar surface area (TPSA) is 24.1 Å². The van der Waals surface area contributed by atoms with Crippen LogP contribution in [0, 0.1) is 5.92 Å². The van der Waals surface area contributed by atoms with Crippen LogP contribution >= 0.6 is 0 Å². The third kappa shape index (κ3) is 1.01. The third-order valence-electron chi connectivity index (χ3n) is 1.84. The molecule has 2 heteroatoms. The Hall–Kier alpha value is -0.0800. The Morgan fingerprint density at radius 2 is 2.38 bits per heavy atom. The zero-order valence-corrected chi connectivity index (χ0v) is 5.57. The van der Waals surface area contributed by atoms with Crippen LogP contribution in [0.2, 0.25) is 0 Å². The highest BCUT2D eigenvalue weighted by atomic mass is 15.1. The molecule has 1 heterocycles. The lowest BCUT2D eigenvalue weighted by molar-refractivity contribution is 0.428. The van der Waals surface area contributed by atoms with Crippen LogP contribution in [0.4, 0.5) is 0 Å². The molecule has 1 aliphatic heterocycles. The third-order valence-corrected chi connectivity index (χ3v) is 1.84. The van der Waals surface area contributed by atoms with E-state index in [4.69, 9.17) is 0 Å². The maximum absolute atomic E-state index is 3.34. The van der Waals surface area contributed by atoms with Crippen molar-refractivity contribution in [3.63, 3.8) is 0 Å². The average Bonchev–Trinajstić information content (AvgIpc) is 2.14. The molecule has 2 nitrogen and oxygen atoms in total. The Balaban J connectivity index is 2.30. The van der Waals surface area contributed by atoms with Gasteiger partial charge in [-0.2, -0.15) is 0 Å². The fourth-order valence-electron chi connectivity index (χ4n) is 1.22. The molecular weight excluding hydrogens is 100 g/mol. The highest BCUT2D eigenvalue weighted by Gasteiger charge is 2.19. The first-order valence-corrected chi connectivity index (χ1v) is 3.25. The number of rotatable bonds is 1. The van der Waals surface area contributed by atoms with Crippen LogP contribution in [0.1, 0.15) is 13.3 Å². The Bertz CT molecular complexity index is 72.9. The molecule has 1 rings (SSSR count). The monoisotopic (exact) mass is 114 g/mol. The molecule has 2 N–H and O–H groups in total. The SMILES string of the molecule is CNC1NCCC1C. The quantitative estimate of drug-likeness (QED) is 0.507. The summed E-state index contributed by atoms with van der Waals surface area (Å²) in [5.41, 5.74) is 0. The molecule has 0 spiro atoms. The van der Waals surface area contributed by atoms with Crippen molar-refractivity contribution in [2.75, 3.05) is 13.6 Å². The lowest BCUT2D eigenvalue weighted by Crippen LogP contribution is -2.38. The van der Waals surface area contributed by atoms with Gasteiger partial charge in [-0.15, -0.1) is 0 Å². The number of hydrogen-bond donors (Lipinski definition) is 2. The van der Waals surface area contributed by atoms with Gasteiger partial charge in [0.05, 0.1) is 6.17 Å². The van der Waals surface area contributed by atoms with Gasteiger partial charge in [-0.3, -0.25) is 0 Å². The molecule has 1 aliphatic rings. The summed E-state index contributed by atoms with van der Waals surface area (Å²) in [6, 6.07) is 0. The van der Waals surface area contributed by atoms with Crippen LogP contribution < -0.4 is 10.6 Å². The molecule has 0 amide bonds. The summed E-state index contributed by atoms with van der Waals surface area (Å²) in [4.78, 5) is 0. The molecule has 0 aromatic heterocycles. The van der Waals surface area contributed by atoms with E-state index in [2.05, 4.69) is 17.6 Å². The fourth-order valence-corrected chi connectivity index (χ4v) is 1.22. The van der Waals surface area contributed by atoms with Crippen LogP contribution in [-0.2, 0) is 0 Å². The molecule has 0 radical (unpaired) electrons. The Labute approximate surface area is 50.7 Å². The summed E-state index contributed by atoms with van der Waals surface area (Å²) in [6.45, 7) is 3.44. The zero-order chi connectivity index (χ0) is 5.98. The Morgan fingerprint density at radius 3 is 2.62 bits per heavy atom.